The van der Waals surface area contributed by atoms with E-state index in [1.807, 2.05) is 18.2 Å². The minimum atomic E-state index is -0.490. The molecule has 2 aliphatic heterocycles. The lowest BCUT2D eigenvalue weighted by molar-refractivity contribution is 0.0444. The van der Waals surface area contributed by atoms with Crippen molar-refractivity contribution in [3.8, 4) is 17.2 Å². The highest BCUT2D eigenvalue weighted by Crippen LogP contribution is 2.32. The van der Waals surface area contributed by atoms with Gasteiger partial charge in [0.2, 0.25) is 6.79 Å². The molecule has 8 heteroatoms. The highest BCUT2D eigenvalue weighted by molar-refractivity contribution is 5.85. The highest BCUT2D eigenvalue weighted by Gasteiger charge is 2.21. The van der Waals surface area contributed by atoms with Crippen LogP contribution in [0.15, 0.2) is 36.4 Å². The molecule has 0 saturated carbocycles. The molecule has 31 heavy (non-hydrogen) atoms. The first-order chi connectivity index (χ1) is 14.1. The Balaban J connectivity index is 0.00000171. The zero-order valence-electron chi connectivity index (χ0n) is 18.1. The van der Waals surface area contributed by atoms with Crippen molar-refractivity contribution in [2.75, 3.05) is 46.1 Å². The van der Waals surface area contributed by atoms with Crippen molar-refractivity contribution < 1.29 is 19.3 Å². The summed E-state index contributed by atoms with van der Waals surface area (Å²) in [5, 5.41) is 10.4. The van der Waals surface area contributed by atoms with Crippen molar-refractivity contribution in [1.29, 1.82) is 0 Å². The third-order valence-electron chi connectivity index (χ3n) is 5.76. The van der Waals surface area contributed by atoms with Crippen molar-refractivity contribution >= 4 is 24.8 Å². The second-order valence-electron chi connectivity index (χ2n) is 7.93. The van der Waals surface area contributed by atoms with Gasteiger partial charge in [0.1, 0.15) is 18.5 Å². The summed E-state index contributed by atoms with van der Waals surface area (Å²) in [6.45, 7) is 10.2. The van der Waals surface area contributed by atoms with E-state index in [4.69, 9.17) is 14.2 Å². The quantitative estimate of drug-likeness (QED) is 0.668. The number of piperazine rings is 1. The molecule has 2 aliphatic rings. The molecule has 2 aromatic carbocycles. The Morgan fingerprint density at radius 2 is 1.68 bits per heavy atom. The van der Waals surface area contributed by atoms with Crippen molar-refractivity contribution in [2.45, 2.75) is 26.5 Å². The number of fused-ring (bicyclic) bond motifs is 1. The zero-order valence-corrected chi connectivity index (χ0v) is 19.7. The number of hydrogen-bond acceptors (Lipinski definition) is 6. The summed E-state index contributed by atoms with van der Waals surface area (Å²) in [5.74, 6) is 2.53. The van der Waals surface area contributed by atoms with Crippen molar-refractivity contribution in [1.82, 2.24) is 9.80 Å². The average Bonchev–Trinajstić information content (AvgIpc) is 3.18. The molecular formula is C23H32Cl2N2O4. The van der Waals surface area contributed by atoms with E-state index in [1.165, 1.54) is 11.1 Å². The largest absolute Gasteiger partial charge is 0.491 e. The molecule has 1 N–H and O–H groups in total. The van der Waals surface area contributed by atoms with Gasteiger partial charge in [-0.1, -0.05) is 18.2 Å². The summed E-state index contributed by atoms with van der Waals surface area (Å²) >= 11 is 0. The lowest BCUT2D eigenvalue weighted by Gasteiger charge is -2.35. The molecule has 0 aliphatic carbocycles. The molecule has 0 bridgehead atoms. The van der Waals surface area contributed by atoms with Gasteiger partial charge in [0, 0.05) is 39.3 Å². The molecule has 1 fully saturated rings. The maximum Gasteiger partial charge on any atom is 0.231 e. The van der Waals surface area contributed by atoms with Crippen LogP contribution in [-0.2, 0) is 6.54 Å². The van der Waals surface area contributed by atoms with Gasteiger partial charge >= 0.3 is 0 Å². The number of β-amino-alcohol motifs (C(OH)–C–C–N with tert-alkyl or cyclic N) is 1. The Morgan fingerprint density at radius 3 is 2.45 bits per heavy atom. The number of ether oxygens (including phenoxy) is 3. The van der Waals surface area contributed by atoms with Crippen LogP contribution in [0.2, 0.25) is 0 Å². The normalized spacial score (nSPS) is 16.9. The molecule has 172 valence electrons. The standard InChI is InChI=1S/C23H30N2O4.2ClH/c1-17-4-3-5-21(18(17)2)27-15-20(26)14-25-10-8-24(9-11-25)13-19-6-7-22-23(12-19)29-16-28-22;;/h3-7,12,20,26H,8-11,13-16H2,1-2H3;2*1H. The molecule has 6 nitrogen and oxygen atoms in total. The van der Waals surface area contributed by atoms with Crippen LogP contribution >= 0.6 is 24.8 Å². The maximum absolute atomic E-state index is 10.4. The fourth-order valence-electron chi connectivity index (χ4n) is 3.84. The number of hydrogen-bond donors (Lipinski definition) is 1. The summed E-state index contributed by atoms with van der Waals surface area (Å²) in [7, 11) is 0. The number of benzene rings is 2. The smallest absolute Gasteiger partial charge is 0.231 e. The molecule has 1 saturated heterocycles. The fourth-order valence-corrected chi connectivity index (χ4v) is 3.84. The van der Waals surface area contributed by atoms with E-state index in [0.29, 0.717) is 19.9 Å². The molecule has 4 rings (SSSR count). The van der Waals surface area contributed by atoms with Gasteiger partial charge in [-0.05, 0) is 48.7 Å². The van der Waals surface area contributed by atoms with E-state index < -0.39 is 6.10 Å². The Kier molecular flexibility index (Phi) is 9.72. The van der Waals surface area contributed by atoms with Crippen LogP contribution in [0, 0.1) is 13.8 Å². The second kappa shape index (κ2) is 11.8. The molecule has 2 aromatic rings. The number of nitrogens with zero attached hydrogens (tertiary/aromatic N) is 2. The topological polar surface area (TPSA) is 54.4 Å². The third kappa shape index (κ3) is 6.64. The first-order valence-corrected chi connectivity index (χ1v) is 10.3. The molecule has 0 radical (unpaired) electrons. The minimum Gasteiger partial charge on any atom is -0.491 e. The van der Waals surface area contributed by atoms with E-state index in [1.54, 1.807) is 0 Å². The predicted molar refractivity (Wildman–Crippen MR) is 126 cm³/mol. The monoisotopic (exact) mass is 470 g/mol. The summed E-state index contributed by atoms with van der Waals surface area (Å²) < 4.78 is 16.7. The van der Waals surface area contributed by atoms with Gasteiger partial charge in [-0.25, -0.2) is 0 Å². The fraction of sp³-hybridized carbons (Fsp3) is 0.478. The van der Waals surface area contributed by atoms with Gasteiger partial charge in [0.05, 0.1) is 0 Å². The van der Waals surface area contributed by atoms with Crippen molar-refractivity contribution in [3.05, 3.63) is 53.1 Å². The molecule has 0 aromatic heterocycles. The van der Waals surface area contributed by atoms with E-state index in [-0.39, 0.29) is 24.8 Å². The molecule has 1 atom stereocenters. The number of aliphatic hydroxyl groups excluding tert-OH is 1. The Labute approximate surface area is 196 Å². The second-order valence-corrected chi connectivity index (χ2v) is 7.93. The van der Waals surface area contributed by atoms with Crippen molar-refractivity contribution in [3.63, 3.8) is 0 Å². The van der Waals surface area contributed by atoms with Crippen LogP contribution in [0.25, 0.3) is 0 Å². The average molecular weight is 471 g/mol. The number of rotatable bonds is 7. The van der Waals surface area contributed by atoms with Crippen LogP contribution in [0.1, 0.15) is 16.7 Å². The first-order valence-electron chi connectivity index (χ1n) is 10.3. The molecular weight excluding hydrogens is 439 g/mol. The molecule has 2 heterocycles. The van der Waals surface area contributed by atoms with Gasteiger partial charge in [-0.2, -0.15) is 0 Å². The zero-order chi connectivity index (χ0) is 20.2. The van der Waals surface area contributed by atoms with E-state index >= 15 is 0 Å². The van der Waals surface area contributed by atoms with Gasteiger partial charge in [0.25, 0.3) is 0 Å². The third-order valence-corrected chi connectivity index (χ3v) is 5.76. The van der Waals surface area contributed by atoms with E-state index in [9.17, 15) is 5.11 Å². The maximum atomic E-state index is 10.4. The van der Waals surface area contributed by atoms with Gasteiger partial charge in [0.15, 0.2) is 11.5 Å². The number of aliphatic hydroxyl groups is 1. The van der Waals surface area contributed by atoms with E-state index in [0.717, 1.165) is 55.5 Å². The van der Waals surface area contributed by atoms with Gasteiger partial charge in [-0.3, -0.25) is 9.80 Å². The Bertz CT molecular complexity index is 844. The summed E-state index contributed by atoms with van der Waals surface area (Å²) in [4.78, 5) is 4.75. The predicted octanol–water partition coefficient (Wildman–Crippen LogP) is 3.43. The summed E-state index contributed by atoms with van der Waals surface area (Å²) in [6.07, 6.45) is -0.490. The summed E-state index contributed by atoms with van der Waals surface area (Å²) in [5.41, 5.74) is 3.58. The Morgan fingerprint density at radius 1 is 0.968 bits per heavy atom. The summed E-state index contributed by atoms with van der Waals surface area (Å²) in [6, 6.07) is 12.2. The SMILES string of the molecule is Cc1cccc(OCC(O)CN2CCN(Cc3ccc4c(c3)OCO4)CC2)c1C.Cl.Cl. The van der Waals surface area contributed by atoms with Crippen LogP contribution in [0.3, 0.4) is 0 Å². The molecule has 0 amide bonds. The van der Waals surface area contributed by atoms with Crippen molar-refractivity contribution in [2.24, 2.45) is 0 Å². The first kappa shape index (κ1) is 25.6. The lowest BCUT2D eigenvalue weighted by Crippen LogP contribution is -2.48. The van der Waals surface area contributed by atoms with Crippen LogP contribution in [0.4, 0.5) is 0 Å². The number of halogens is 2. The minimum absolute atomic E-state index is 0. The van der Waals surface area contributed by atoms with Gasteiger partial charge < -0.3 is 19.3 Å². The van der Waals surface area contributed by atoms with Crippen LogP contribution in [-0.4, -0.2) is 67.1 Å². The van der Waals surface area contributed by atoms with E-state index in [2.05, 4.69) is 41.8 Å². The highest BCUT2D eigenvalue weighted by atomic mass is 35.5. The molecule has 0 spiro atoms. The lowest BCUT2D eigenvalue weighted by atomic mass is 10.1. The van der Waals surface area contributed by atoms with Crippen LogP contribution < -0.4 is 14.2 Å². The molecule has 1 unspecified atom stereocenters. The Hall–Kier alpha value is -1.70. The number of aryl methyl sites for hydroxylation is 1. The van der Waals surface area contributed by atoms with Crippen LogP contribution in [0.5, 0.6) is 17.2 Å². The van der Waals surface area contributed by atoms with Gasteiger partial charge in [-0.15, -0.1) is 24.8 Å².